The van der Waals surface area contributed by atoms with Crippen LogP contribution in [-0.4, -0.2) is 16.0 Å². The van der Waals surface area contributed by atoms with Gasteiger partial charge in [-0.1, -0.05) is 6.07 Å². The molecule has 2 rings (SSSR count). The number of nitrogens with zero attached hydrogens (tertiary/aromatic N) is 2. The summed E-state index contributed by atoms with van der Waals surface area (Å²) in [7, 11) is 0. The molecule has 2 aromatic rings. The molecule has 0 unspecified atom stereocenters. The summed E-state index contributed by atoms with van der Waals surface area (Å²) in [5.74, 6) is -0.230. The van der Waals surface area contributed by atoms with E-state index < -0.39 is 0 Å². The first-order chi connectivity index (χ1) is 8.11. The number of halogens is 1. The molecule has 84 valence electrons. The number of ketones is 1. The predicted octanol–water partition coefficient (Wildman–Crippen LogP) is 3.17. The lowest BCUT2D eigenvalue weighted by molar-refractivity contribution is -0.113. The summed E-state index contributed by atoms with van der Waals surface area (Å²) in [6.45, 7) is 8.31. The Balaban J connectivity index is 2.54. The van der Waals surface area contributed by atoms with Gasteiger partial charge in [0.25, 0.3) is 0 Å². The van der Waals surface area contributed by atoms with Crippen molar-refractivity contribution in [1.82, 2.24) is 10.2 Å². The summed E-state index contributed by atoms with van der Waals surface area (Å²) in [4.78, 5) is 14.3. The van der Waals surface area contributed by atoms with Crippen molar-refractivity contribution in [3.8, 4) is 0 Å². The second-order valence-electron chi connectivity index (χ2n) is 3.51. The van der Waals surface area contributed by atoms with Crippen LogP contribution >= 0.6 is 15.9 Å². The van der Waals surface area contributed by atoms with Crippen LogP contribution in [0.2, 0.25) is 0 Å². The van der Waals surface area contributed by atoms with E-state index in [0.29, 0.717) is 0 Å². The maximum absolute atomic E-state index is 11.2. The number of nitrogens with one attached hydrogen (secondary N) is 1. The molecule has 0 aliphatic carbocycles. The number of benzene rings is 1. The van der Waals surface area contributed by atoms with Gasteiger partial charge in [-0.2, -0.15) is 5.10 Å². The van der Waals surface area contributed by atoms with E-state index in [4.69, 9.17) is 6.57 Å². The average Bonchev–Trinajstić information content (AvgIpc) is 2.67. The van der Waals surface area contributed by atoms with E-state index >= 15 is 0 Å². The highest BCUT2D eigenvalue weighted by atomic mass is 79.9. The summed E-state index contributed by atoms with van der Waals surface area (Å²) in [5.41, 5.74) is 1.77. The van der Waals surface area contributed by atoms with Crippen molar-refractivity contribution < 1.29 is 4.79 Å². The van der Waals surface area contributed by atoms with Gasteiger partial charge in [-0.15, -0.1) is 0 Å². The number of hydrogen-bond donors (Lipinski definition) is 1. The molecule has 0 fully saturated rings. The zero-order valence-corrected chi connectivity index (χ0v) is 10.6. The largest absolute Gasteiger partial charge is 0.308 e. The van der Waals surface area contributed by atoms with E-state index in [2.05, 4.69) is 31.0 Å². The monoisotopic (exact) mass is 289 g/mol. The maximum atomic E-state index is 11.2. The Hall–Kier alpha value is -1.93. The molecule has 17 heavy (non-hydrogen) atoms. The molecule has 0 amide bonds. The highest BCUT2D eigenvalue weighted by Crippen LogP contribution is 2.23. The zero-order valence-electron chi connectivity index (χ0n) is 8.99. The van der Waals surface area contributed by atoms with Crippen molar-refractivity contribution in [2.75, 3.05) is 0 Å². The zero-order chi connectivity index (χ0) is 12.4. The maximum Gasteiger partial charge on any atom is 0.229 e. The number of aromatic nitrogens is 2. The normalized spacial score (nSPS) is 11.5. The molecule has 0 atom stereocenters. The summed E-state index contributed by atoms with van der Waals surface area (Å²) in [6, 6.07) is 5.53. The van der Waals surface area contributed by atoms with Crippen LogP contribution in [0.1, 0.15) is 12.5 Å². The highest BCUT2D eigenvalue weighted by molar-refractivity contribution is 9.10. The van der Waals surface area contributed by atoms with Crippen LogP contribution in [0, 0.1) is 6.57 Å². The minimum atomic E-state index is -0.230. The van der Waals surface area contributed by atoms with Gasteiger partial charge in [-0.05, 0) is 46.6 Å². The van der Waals surface area contributed by atoms with Gasteiger partial charge >= 0.3 is 0 Å². The van der Waals surface area contributed by atoms with Crippen LogP contribution in [0.5, 0.6) is 0 Å². The number of aromatic amines is 1. The number of Topliss-reactive ketones (excluding diaryl/α,β-unsaturated/α-hetero) is 1. The second kappa shape index (κ2) is 4.52. The van der Waals surface area contributed by atoms with Gasteiger partial charge in [0.15, 0.2) is 5.78 Å². The van der Waals surface area contributed by atoms with Crippen LogP contribution in [0.3, 0.4) is 0 Å². The minimum absolute atomic E-state index is 0.129. The third kappa shape index (κ3) is 2.27. The molecule has 0 bridgehead atoms. The summed E-state index contributed by atoms with van der Waals surface area (Å²) >= 11 is 3.35. The Bertz CT molecular complexity index is 664. The quantitative estimate of drug-likeness (QED) is 0.682. The molecule has 5 heteroatoms. The third-order valence-corrected chi connectivity index (χ3v) is 2.92. The van der Waals surface area contributed by atoms with Crippen molar-refractivity contribution in [3.63, 3.8) is 0 Å². The minimum Gasteiger partial charge on any atom is -0.308 e. The number of rotatable bonds is 2. The Morgan fingerprint density at radius 1 is 1.59 bits per heavy atom. The number of carbonyl (C=O) groups is 1. The Labute approximate surface area is 106 Å². The Kier molecular flexibility index (Phi) is 3.07. The van der Waals surface area contributed by atoms with Gasteiger partial charge in [0.05, 0.1) is 12.1 Å². The van der Waals surface area contributed by atoms with Gasteiger partial charge in [-0.25, -0.2) is 4.85 Å². The molecule has 0 radical (unpaired) electrons. The van der Waals surface area contributed by atoms with E-state index in [0.717, 1.165) is 21.1 Å². The summed E-state index contributed by atoms with van der Waals surface area (Å²) in [6.07, 6.45) is 1.58. The predicted molar refractivity (Wildman–Crippen MR) is 69.1 cm³/mol. The molecule has 0 spiro atoms. The van der Waals surface area contributed by atoms with Gasteiger partial charge in [0.1, 0.15) is 4.60 Å². The van der Waals surface area contributed by atoms with Gasteiger partial charge < -0.3 is 4.79 Å². The molecule has 1 heterocycles. The van der Waals surface area contributed by atoms with E-state index in [1.807, 2.05) is 18.2 Å². The van der Waals surface area contributed by atoms with Gasteiger partial charge in [0, 0.05) is 5.39 Å². The molecular weight excluding hydrogens is 282 g/mol. The molecule has 4 nitrogen and oxygen atoms in total. The number of carbonyl (C=O) groups excluding carboxylic acids is 1. The molecule has 0 aliphatic rings. The highest BCUT2D eigenvalue weighted by Gasteiger charge is 2.05. The van der Waals surface area contributed by atoms with Crippen molar-refractivity contribution in [3.05, 3.63) is 45.5 Å². The molecule has 0 saturated heterocycles. The lowest BCUT2D eigenvalue weighted by Gasteiger charge is -1.96. The molecule has 1 aromatic carbocycles. The molecule has 1 N–H and O–H groups in total. The number of hydrogen-bond acceptors (Lipinski definition) is 2. The standard InChI is InChI=1S/C12H8BrN3O/c1-7(17)11(14-2)6-8-3-4-10-9(5-8)12(13)16-15-10/h3-6H,1H3,(H,15,16)/b11-6-. The fourth-order valence-electron chi connectivity index (χ4n) is 1.46. The van der Waals surface area contributed by atoms with E-state index in [1.165, 1.54) is 6.92 Å². The van der Waals surface area contributed by atoms with Crippen LogP contribution in [0.25, 0.3) is 21.8 Å². The van der Waals surface area contributed by atoms with Crippen molar-refractivity contribution >= 4 is 38.7 Å². The SMILES string of the molecule is [C-]#[N+]/C(=C\c1ccc2n[nH]c(Br)c2c1)C(C)=O. The molecule has 1 aromatic heterocycles. The first-order valence-corrected chi connectivity index (χ1v) is 5.65. The summed E-state index contributed by atoms with van der Waals surface area (Å²) in [5, 5.41) is 7.81. The van der Waals surface area contributed by atoms with E-state index in [9.17, 15) is 4.79 Å². The van der Waals surface area contributed by atoms with Gasteiger partial charge in [-0.3, -0.25) is 5.10 Å². The smallest absolute Gasteiger partial charge is 0.229 e. The average molecular weight is 290 g/mol. The van der Waals surface area contributed by atoms with Crippen LogP contribution < -0.4 is 0 Å². The van der Waals surface area contributed by atoms with Crippen molar-refractivity contribution in [2.45, 2.75) is 6.92 Å². The van der Waals surface area contributed by atoms with Crippen molar-refractivity contribution in [1.29, 1.82) is 0 Å². The first kappa shape index (κ1) is 11.6. The lowest BCUT2D eigenvalue weighted by Crippen LogP contribution is -1.90. The summed E-state index contributed by atoms with van der Waals surface area (Å²) < 4.78 is 0.787. The lowest BCUT2D eigenvalue weighted by atomic mass is 10.1. The van der Waals surface area contributed by atoms with E-state index in [-0.39, 0.29) is 11.5 Å². The molecule has 0 saturated carbocycles. The fraction of sp³-hybridized carbons (Fsp3) is 0.0833. The first-order valence-electron chi connectivity index (χ1n) is 4.85. The van der Waals surface area contributed by atoms with E-state index in [1.54, 1.807) is 6.08 Å². The Morgan fingerprint density at radius 2 is 2.35 bits per heavy atom. The number of allylic oxidation sites excluding steroid dienone is 1. The number of fused-ring (bicyclic) bond motifs is 1. The van der Waals surface area contributed by atoms with Crippen LogP contribution in [-0.2, 0) is 4.79 Å². The van der Waals surface area contributed by atoms with Crippen LogP contribution in [0.4, 0.5) is 0 Å². The van der Waals surface area contributed by atoms with Gasteiger partial charge in [0.2, 0.25) is 5.70 Å². The topological polar surface area (TPSA) is 50.1 Å². The van der Waals surface area contributed by atoms with Crippen molar-refractivity contribution in [2.24, 2.45) is 0 Å². The number of H-pyrrole nitrogens is 1. The molecule has 0 aliphatic heterocycles. The van der Waals surface area contributed by atoms with Crippen LogP contribution in [0.15, 0.2) is 28.5 Å². The third-order valence-electron chi connectivity index (χ3n) is 2.32. The fourth-order valence-corrected chi connectivity index (χ4v) is 1.86. The Morgan fingerprint density at radius 3 is 3.00 bits per heavy atom. The second-order valence-corrected chi connectivity index (χ2v) is 4.30. The molecular formula is C12H8BrN3O.